The Morgan fingerprint density at radius 3 is 2.08 bits per heavy atom. The average Bonchev–Trinajstić information content (AvgIpc) is 2.86. The molecule has 0 heterocycles. The van der Waals surface area contributed by atoms with E-state index in [1.165, 1.54) is 17.0 Å². The molecular formula is C28H32ClN3O4S. The molecule has 0 aromatic heterocycles. The first kappa shape index (κ1) is 28.2. The second-order valence-corrected chi connectivity index (χ2v) is 11.4. The van der Waals surface area contributed by atoms with E-state index in [0.29, 0.717) is 0 Å². The molecule has 1 N–H and O–H groups in total. The fraction of sp³-hybridized carbons (Fsp3) is 0.286. The van der Waals surface area contributed by atoms with Gasteiger partial charge in [0, 0.05) is 12.6 Å². The number of para-hydroxylation sites is 1. The van der Waals surface area contributed by atoms with Crippen molar-refractivity contribution in [1.82, 2.24) is 10.2 Å². The van der Waals surface area contributed by atoms with E-state index in [-0.39, 0.29) is 34.1 Å². The summed E-state index contributed by atoms with van der Waals surface area (Å²) < 4.78 is 28.6. The van der Waals surface area contributed by atoms with E-state index in [9.17, 15) is 18.0 Å². The smallest absolute Gasteiger partial charge is 0.264 e. The van der Waals surface area contributed by atoms with E-state index in [1.54, 1.807) is 43.3 Å². The third-order valence-corrected chi connectivity index (χ3v) is 7.90. The molecule has 0 saturated carbocycles. The molecule has 3 aromatic rings. The number of carbonyl (C=O) groups is 2. The minimum Gasteiger partial charge on any atom is -0.352 e. The molecule has 3 aromatic carbocycles. The lowest BCUT2D eigenvalue weighted by molar-refractivity contribution is -0.139. The van der Waals surface area contributed by atoms with Crippen LogP contribution in [0.4, 0.5) is 5.69 Å². The Kier molecular flexibility index (Phi) is 9.34. The maximum Gasteiger partial charge on any atom is 0.264 e. The molecule has 3 rings (SSSR count). The third kappa shape index (κ3) is 7.11. The number of hydrogen-bond acceptors (Lipinski definition) is 4. The van der Waals surface area contributed by atoms with Crippen LogP contribution in [0.25, 0.3) is 0 Å². The number of sulfonamides is 1. The van der Waals surface area contributed by atoms with Crippen molar-refractivity contribution in [2.75, 3.05) is 10.8 Å². The van der Waals surface area contributed by atoms with Crippen LogP contribution in [-0.4, -0.2) is 43.8 Å². The molecule has 1 atom stereocenters. The number of aryl methyl sites for hydroxylation is 1. The first-order valence-electron chi connectivity index (χ1n) is 12.0. The van der Waals surface area contributed by atoms with Crippen molar-refractivity contribution < 1.29 is 18.0 Å². The van der Waals surface area contributed by atoms with Gasteiger partial charge in [0.2, 0.25) is 11.8 Å². The van der Waals surface area contributed by atoms with Crippen LogP contribution >= 0.6 is 11.6 Å². The summed E-state index contributed by atoms with van der Waals surface area (Å²) in [4.78, 5) is 28.1. The highest BCUT2D eigenvalue weighted by Gasteiger charge is 2.33. The Morgan fingerprint density at radius 1 is 0.892 bits per heavy atom. The van der Waals surface area contributed by atoms with Crippen LogP contribution in [0.1, 0.15) is 31.9 Å². The zero-order chi connectivity index (χ0) is 27.2. The van der Waals surface area contributed by atoms with Gasteiger partial charge < -0.3 is 10.2 Å². The highest BCUT2D eigenvalue weighted by Crippen LogP contribution is 2.30. The molecule has 0 aliphatic rings. The zero-order valence-corrected chi connectivity index (χ0v) is 23.0. The maximum absolute atomic E-state index is 13.8. The largest absolute Gasteiger partial charge is 0.352 e. The number of anilines is 1. The van der Waals surface area contributed by atoms with E-state index in [4.69, 9.17) is 11.6 Å². The summed E-state index contributed by atoms with van der Waals surface area (Å²) in [6.07, 6.45) is 0. The molecule has 0 radical (unpaired) electrons. The average molecular weight is 542 g/mol. The lowest BCUT2D eigenvalue weighted by atomic mass is 10.1. The number of halogens is 1. The fourth-order valence-electron chi connectivity index (χ4n) is 3.77. The van der Waals surface area contributed by atoms with Crippen LogP contribution < -0.4 is 9.62 Å². The molecule has 0 fully saturated rings. The van der Waals surface area contributed by atoms with Crippen LogP contribution in [0.3, 0.4) is 0 Å². The number of rotatable bonds is 10. The summed E-state index contributed by atoms with van der Waals surface area (Å²) in [6.45, 7) is 6.76. The highest BCUT2D eigenvalue weighted by molar-refractivity contribution is 7.92. The Labute approximate surface area is 224 Å². The summed E-state index contributed by atoms with van der Waals surface area (Å²) in [5, 5.41) is 3.02. The van der Waals surface area contributed by atoms with Gasteiger partial charge in [-0.05, 0) is 57.5 Å². The topological polar surface area (TPSA) is 86.8 Å². The minimum absolute atomic E-state index is 0.0334. The number of nitrogens with one attached hydrogen (secondary N) is 1. The molecule has 37 heavy (non-hydrogen) atoms. The van der Waals surface area contributed by atoms with Crippen molar-refractivity contribution in [2.45, 2.75) is 51.2 Å². The molecule has 0 bridgehead atoms. The summed E-state index contributed by atoms with van der Waals surface area (Å²) in [7, 11) is -4.16. The summed E-state index contributed by atoms with van der Waals surface area (Å²) in [6, 6.07) is 21.1. The van der Waals surface area contributed by atoms with Gasteiger partial charge in [-0.15, -0.1) is 0 Å². The summed E-state index contributed by atoms with van der Waals surface area (Å²) in [5.74, 6) is -0.865. The normalized spacial score (nSPS) is 12.2. The summed E-state index contributed by atoms with van der Waals surface area (Å²) >= 11 is 6.41. The van der Waals surface area contributed by atoms with Crippen molar-refractivity contribution in [3.05, 3.63) is 95.0 Å². The van der Waals surface area contributed by atoms with E-state index in [0.717, 1.165) is 15.4 Å². The number of nitrogens with zero attached hydrogens (tertiary/aromatic N) is 2. The predicted octanol–water partition coefficient (Wildman–Crippen LogP) is 4.79. The van der Waals surface area contributed by atoms with Gasteiger partial charge in [-0.25, -0.2) is 8.42 Å². The highest BCUT2D eigenvalue weighted by atomic mass is 35.5. The molecule has 7 nitrogen and oxygen atoms in total. The molecular weight excluding hydrogens is 510 g/mol. The van der Waals surface area contributed by atoms with Crippen molar-refractivity contribution in [3.63, 3.8) is 0 Å². The standard InChI is InChI=1S/C28H32ClN3O4S/c1-20(2)30-28(34)22(4)31(18-23-10-6-5-7-11-23)27(33)19-32(26-13-9-8-12-25(26)29)37(35,36)24-16-14-21(3)15-17-24/h5-17,20,22H,18-19H2,1-4H3,(H,30,34). The molecule has 9 heteroatoms. The number of carbonyl (C=O) groups excluding carboxylic acids is 2. The third-order valence-electron chi connectivity index (χ3n) is 5.80. The van der Waals surface area contributed by atoms with Gasteiger partial charge in [-0.2, -0.15) is 0 Å². The molecule has 2 amide bonds. The second kappa shape index (κ2) is 12.3. The molecule has 196 valence electrons. The zero-order valence-electron chi connectivity index (χ0n) is 21.4. The first-order chi connectivity index (χ1) is 17.5. The Bertz CT molecular complexity index is 1330. The van der Waals surface area contributed by atoms with Gasteiger partial charge in [0.1, 0.15) is 12.6 Å². The van der Waals surface area contributed by atoms with E-state index < -0.39 is 28.5 Å². The van der Waals surface area contributed by atoms with E-state index in [1.807, 2.05) is 51.1 Å². The molecule has 0 saturated heterocycles. The predicted molar refractivity (Wildman–Crippen MR) is 147 cm³/mol. The van der Waals surface area contributed by atoms with Gasteiger partial charge in [0.25, 0.3) is 10.0 Å². The van der Waals surface area contributed by atoms with Gasteiger partial charge >= 0.3 is 0 Å². The van der Waals surface area contributed by atoms with Crippen LogP contribution in [0, 0.1) is 6.92 Å². The van der Waals surface area contributed by atoms with Crippen LogP contribution in [0.5, 0.6) is 0 Å². The lowest BCUT2D eigenvalue weighted by Gasteiger charge is -2.32. The number of amides is 2. The van der Waals surface area contributed by atoms with Crippen LogP contribution in [0.2, 0.25) is 5.02 Å². The monoisotopic (exact) mass is 541 g/mol. The number of hydrogen-bond donors (Lipinski definition) is 1. The van der Waals surface area contributed by atoms with Crippen LogP contribution in [-0.2, 0) is 26.2 Å². The van der Waals surface area contributed by atoms with Gasteiger partial charge in [0.15, 0.2) is 0 Å². The van der Waals surface area contributed by atoms with Gasteiger partial charge in [-0.1, -0.05) is 71.8 Å². The van der Waals surface area contributed by atoms with Crippen molar-refractivity contribution in [1.29, 1.82) is 0 Å². The van der Waals surface area contributed by atoms with Gasteiger partial charge in [-0.3, -0.25) is 13.9 Å². The molecule has 0 aliphatic heterocycles. The molecule has 0 spiro atoms. The minimum atomic E-state index is -4.16. The Hall–Kier alpha value is -3.36. The van der Waals surface area contributed by atoms with Crippen molar-refractivity contribution in [2.24, 2.45) is 0 Å². The van der Waals surface area contributed by atoms with Crippen molar-refractivity contribution in [3.8, 4) is 0 Å². The SMILES string of the molecule is Cc1ccc(S(=O)(=O)N(CC(=O)N(Cc2ccccc2)C(C)C(=O)NC(C)C)c2ccccc2Cl)cc1. The van der Waals surface area contributed by atoms with Crippen molar-refractivity contribution >= 4 is 39.1 Å². The second-order valence-electron chi connectivity index (χ2n) is 9.12. The van der Waals surface area contributed by atoms with Crippen LogP contribution in [0.15, 0.2) is 83.8 Å². The van der Waals surface area contributed by atoms with Gasteiger partial charge in [0.05, 0.1) is 15.6 Å². The number of benzene rings is 3. The first-order valence-corrected chi connectivity index (χ1v) is 13.8. The van der Waals surface area contributed by atoms with E-state index in [2.05, 4.69) is 5.32 Å². The maximum atomic E-state index is 13.8. The molecule has 0 aliphatic carbocycles. The Balaban J connectivity index is 2.03. The Morgan fingerprint density at radius 2 is 1.49 bits per heavy atom. The lowest BCUT2D eigenvalue weighted by Crippen LogP contribution is -2.52. The quantitative estimate of drug-likeness (QED) is 0.400. The van der Waals surface area contributed by atoms with E-state index >= 15 is 0 Å². The fourth-order valence-corrected chi connectivity index (χ4v) is 5.49. The summed E-state index contributed by atoms with van der Waals surface area (Å²) in [5.41, 5.74) is 1.89. The molecule has 1 unspecified atom stereocenters.